The van der Waals surface area contributed by atoms with Crippen molar-refractivity contribution < 1.29 is 14.6 Å². The molecule has 5 heteroatoms. The number of carbonyl (C=O) groups is 1. The number of hydrogen-bond acceptors (Lipinski definition) is 3. The minimum absolute atomic E-state index is 0.337. The molecule has 0 amide bonds. The molecule has 0 saturated heterocycles. The van der Waals surface area contributed by atoms with E-state index in [1.165, 1.54) is 29.5 Å². The summed E-state index contributed by atoms with van der Waals surface area (Å²) >= 11 is 0. The number of H-pyrrole nitrogens is 1. The zero-order valence-corrected chi connectivity index (χ0v) is 16.4. The molecule has 29 heavy (non-hydrogen) atoms. The highest BCUT2D eigenvalue weighted by atomic mass is 16.7. The Morgan fingerprint density at radius 1 is 1.14 bits per heavy atom. The van der Waals surface area contributed by atoms with Crippen LogP contribution < -0.4 is 10.1 Å². The van der Waals surface area contributed by atoms with Crippen LogP contribution in [0.4, 0.5) is 4.79 Å². The molecule has 5 nitrogen and oxygen atoms in total. The van der Waals surface area contributed by atoms with Crippen LogP contribution in [0, 0.1) is 0 Å². The van der Waals surface area contributed by atoms with E-state index in [-0.39, 0.29) is 0 Å². The molecule has 1 unspecified atom stereocenters. The van der Waals surface area contributed by atoms with E-state index in [0.717, 1.165) is 36.7 Å². The highest BCUT2D eigenvalue weighted by Gasteiger charge is 2.15. The van der Waals surface area contributed by atoms with Gasteiger partial charge < -0.3 is 20.1 Å². The van der Waals surface area contributed by atoms with Gasteiger partial charge >= 0.3 is 6.16 Å². The fraction of sp³-hybridized carbons (Fsp3) is 0.292. The maximum atomic E-state index is 10.7. The zero-order chi connectivity index (χ0) is 20.1. The number of aryl methyl sites for hydroxylation is 1. The second kappa shape index (κ2) is 8.97. The van der Waals surface area contributed by atoms with Crippen LogP contribution in [-0.2, 0) is 6.42 Å². The zero-order valence-electron chi connectivity index (χ0n) is 16.4. The summed E-state index contributed by atoms with van der Waals surface area (Å²) in [5.74, 6) is 0.337. The molecular formula is C24H26N2O3. The highest BCUT2D eigenvalue weighted by Crippen LogP contribution is 2.26. The lowest BCUT2D eigenvalue weighted by Crippen LogP contribution is -2.32. The molecule has 3 N–H and O–H groups in total. The molecule has 0 bridgehead atoms. The maximum Gasteiger partial charge on any atom is 0.511 e. The average Bonchev–Trinajstić information content (AvgIpc) is 3.14. The first-order valence-corrected chi connectivity index (χ1v) is 10.2. The van der Waals surface area contributed by atoms with E-state index < -0.39 is 6.16 Å². The molecule has 2 heterocycles. The third-order valence-electron chi connectivity index (χ3n) is 5.56. The van der Waals surface area contributed by atoms with Crippen LogP contribution in [0.3, 0.4) is 0 Å². The summed E-state index contributed by atoms with van der Waals surface area (Å²) in [5, 5.41) is 13.5. The van der Waals surface area contributed by atoms with Crippen molar-refractivity contribution in [2.75, 3.05) is 6.54 Å². The molecule has 1 aromatic heterocycles. The van der Waals surface area contributed by atoms with E-state index in [0.29, 0.717) is 11.8 Å². The van der Waals surface area contributed by atoms with Crippen molar-refractivity contribution in [2.45, 2.75) is 38.1 Å². The summed E-state index contributed by atoms with van der Waals surface area (Å²) in [7, 11) is 0. The van der Waals surface area contributed by atoms with Crippen LogP contribution in [-0.4, -0.2) is 28.8 Å². The summed E-state index contributed by atoms with van der Waals surface area (Å²) in [5.41, 5.74) is 4.96. The topological polar surface area (TPSA) is 74.3 Å². The number of aromatic nitrogens is 1. The van der Waals surface area contributed by atoms with Gasteiger partial charge in [-0.3, -0.25) is 0 Å². The molecule has 0 saturated carbocycles. The van der Waals surface area contributed by atoms with Crippen LogP contribution in [0.5, 0.6) is 5.75 Å². The van der Waals surface area contributed by atoms with E-state index in [1.54, 1.807) is 12.1 Å². The Kier molecular flexibility index (Phi) is 5.96. The van der Waals surface area contributed by atoms with Gasteiger partial charge in [-0.15, -0.1) is 0 Å². The summed E-state index contributed by atoms with van der Waals surface area (Å²) in [6, 6.07) is 16.6. The normalized spacial score (nSPS) is 16.6. The molecule has 0 spiro atoms. The lowest BCUT2D eigenvalue weighted by Gasteiger charge is -2.24. The number of aromatic amines is 1. The number of rotatable bonds is 7. The molecule has 1 atom stereocenters. The standard InChI is InChI=1S/C24H26N2O3/c27-24(28)29-21-10-11-22-19(16-26-23(22)15-21)8-4-5-9-20-14-18(12-13-25-20)17-6-2-1-3-7-17/h1-3,6-7,10-12,15-16,20,25-26H,4-5,8-9,13-14H2,(H,27,28). The van der Waals surface area contributed by atoms with Gasteiger partial charge in [-0.05, 0) is 54.5 Å². The van der Waals surface area contributed by atoms with Gasteiger partial charge in [0.05, 0.1) is 0 Å². The number of benzene rings is 2. The number of hydrogen-bond donors (Lipinski definition) is 3. The second-order valence-electron chi connectivity index (χ2n) is 7.54. The van der Waals surface area contributed by atoms with Gasteiger partial charge in [-0.25, -0.2) is 4.79 Å². The van der Waals surface area contributed by atoms with Crippen LogP contribution in [0.2, 0.25) is 0 Å². The van der Waals surface area contributed by atoms with Crippen molar-refractivity contribution in [3.8, 4) is 5.75 Å². The second-order valence-corrected chi connectivity index (χ2v) is 7.54. The Balaban J connectivity index is 1.27. The first-order valence-electron chi connectivity index (χ1n) is 10.2. The Morgan fingerprint density at radius 3 is 2.83 bits per heavy atom. The third kappa shape index (κ3) is 4.87. The van der Waals surface area contributed by atoms with Crippen molar-refractivity contribution in [2.24, 2.45) is 0 Å². The van der Waals surface area contributed by atoms with Crippen LogP contribution in [0.25, 0.3) is 16.5 Å². The van der Waals surface area contributed by atoms with E-state index in [4.69, 9.17) is 9.84 Å². The summed E-state index contributed by atoms with van der Waals surface area (Å²) in [6.45, 7) is 0.943. The smallest absolute Gasteiger partial charge is 0.449 e. The number of fused-ring (bicyclic) bond motifs is 1. The minimum atomic E-state index is -1.29. The first-order chi connectivity index (χ1) is 14.2. The Morgan fingerprint density at radius 2 is 2.00 bits per heavy atom. The van der Waals surface area contributed by atoms with Crippen molar-refractivity contribution >= 4 is 22.6 Å². The Hall–Kier alpha value is -3.05. The largest absolute Gasteiger partial charge is 0.511 e. The Bertz CT molecular complexity index is 1010. The maximum absolute atomic E-state index is 10.7. The average molecular weight is 390 g/mol. The SMILES string of the molecule is O=C(O)Oc1ccc2c(CCCCC3CC(c4ccccc4)=CCN3)c[nH]c2c1. The number of nitrogens with one attached hydrogen (secondary N) is 2. The molecular weight excluding hydrogens is 364 g/mol. The van der Waals surface area contributed by atoms with E-state index >= 15 is 0 Å². The summed E-state index contributed by atoms with van der Waals surface area (Å²) in [4.78, 5) is 13.9. The van der Waals surface area contributed by atoms with Gasteiger partial charge in [0.2, 0.25) is 0 Å². The van der Waals surface area contributed by atoms with Gasteiger partial charge in [0.15, 0.2) is 0 Å². The molecule has 3 aromatic rings. The fourth-order valence-corrected chi connectivity index (χ4v) is 4.10. The van der Waals surface area contributed by atoms with Crippen LogP contribution >= 0.6 is 0 Å². The van der Waals surface area contributed by atoms with Gasteiger partial charge in [-0.1, -0.05) is 42.8 Å². The monoisotopic (exact) mass is 390 g/mol. The number of unbranched alkanes of at least 4 members (excludes halogenated alkanes) is 1. The lowest BCUT2D eigenvalue weighted by molar-refractivity contribution is 0.144. The van der Waals surface area contributed by atoms with Gasteiger partial charge in [-0.2, -0.15) is 0 Å². The molecule has 4 rings (SSSR count). The minimum Gasteiger partial charge on any atom is -0.449 e. The molecule has 1 aliphatic rings. The Labute approximate surface area is 170 Å². The van der Waals surface area contributed by atoms with Gasteiger partial charge in [0.25, 0.3) is 0 Å². The van der Waals surface area contributed by atoms with E-state index in [1.807, 2.05) is 12.3 Å². The van der Waals surface area contributed by atoms with Gasteiger partial charge in [0.1, 0.15) is 5.75 Å². The van der Waals surface area contributed by atoms with Crippen molar-refractivity contribution in [1.82, 2.24) is 10.3 Å². The van der Waals surface area contributed by atoms with Crippen molar-refractivity contribution in [3.05, 3.63) is 71.9 Å². The number of ether oxygens (including phenoxy) is 1. The van der Waals surface area contributed by atoms with Crippen LogP contribution in [0.1, 0.15) is 36.8 Å². The third-order valence-corrected chi connectivity index (χ3v) is 5.56. The molecule has 150 valence electrons. The van der Waals surface area contributed by atoms with Gasteiger partial charge in [0, 0.05) is 35.8 Å². The molecule has 1 aliphatic heterocycles. The molecule has 0 radical (unpaired) electrons. The molecule has 0 aliphatic carbocycles. The molecule has 0 fully saturated rings. The predicted molar refractivity (Wildman–Crippen MR) is 115 cm³/mol. The summed E-state index contributed by atoms with van der Waals surface area (Å²) < 4.78 is 4.72. The van der Waals surface area contributed by atoms with E-state index in [2.05, 4.69) is 46.7 Å². The quantitative estimate of drug-likeness (QED) is 0.287. The lowest BCUT2D eigenvalue weighted by atomic mass is 9.92. The predicted octanol–water partition coefficient (Wildman–Crippen LogP) is 5.38. The van der Waals surface area contributed by atoms with Crippen LogP contribution in [0.15, 0.2) is 60.8 Å². The van der Waals surface area contributed by atoms with E-state index in [9.17, 15) is 4.79 Å². The van der Waals surface area contributed by atoms with Crippen molar-refractivity contribution in [3.63, 3.8) is 0 Å². The molecule has 2 aromatic carbocycles. The first kappa shape index (κ1) is 19.3. The summed E-state index contributed by atoms with van der Waals surface area (Å²) in [6.07, 6.45) is 8.59. The van der Waals surface area contributed by atoms with Crippen molar-refractivity contribution in [1.29, 1.82) is 0 Å². The number of carboxylic acid groups (broad SMARTS) is 1. The highest BCUT2D eigenvalue weighted by molar-refractivity contribution is 5.85. The fourth-order valence-electron chi connectivity index (χ4n) is 4.10.